The molecule has 0 unspecified atom stereocenters. The molecular weight excluding hydrogens is 272 g/mol. The van der Waals surface area contributed by atoms with E-state index in [0.717, 1.165) is 34.6 Å². The van der Waals surface area contributed by atoms with E-state index in [1.165, 1.54) is 5.56 Å². The number of aryl methyl sites for hydroxylation is 2. The monoisotopic (exact) mass is 292 g/mol. The lowest BCUT2D eigenvalue weighted by atomic mass is 10.1. The van der Waals surface area contributed by atoms with Gasteiger partial charge in [0.15, 0.2) is 0 Å². The van der Waals surface area contributed by atoms with Crippen LogP contribution < -0.4 is 10.2 Å². The molecule has 1 amide bonds. The van der Waals surface area contributed by atoms with Gasteiger partial charge in [-0.2, -0.15) is 0 Å². The van der Waals surface area contributed by atoms with Crippen molar-refractivity contribution in [1.29, 1.82) is 0 Å². The minimum Gasteiger partial charge on any atom is -0.347 e. The molecule has 3 heteroatoms. The third-order valence-electron chi connectivity index (χ3n) is 3.92. The van der Waals surface area contributed by atoms with Gasteiger partial charge in [-0.3, -0.25) is 4.79 Å². The van der Waals surface area contributed by atoms with Gasteiger partial charge in [-0.1, -0.05) is 23.8 Å². The topological polar surface area (TPSA) is 32.3 Å². The zero-order chi connectivity index (χ0) is 15.7. The van der Waals surface area contributed by atoms with Gasteiger partial charge < -0.3 is 10.2 Å². The minimum absolute atomic E-state index is 0.0355. The average molecular weight is 292 g/mol. The summed E-state index contributed by atoms with van der Waals surface area (Å²) in [5.41, 5.74) is 6.06. The minimum atomic E-state index is -0.0355. The Morgan fingerprint density at radius 2 is 1.86 bits per heavy atom. The average Bonchev–Trinajstić information content (AvgIpc) is 2.80. The SMILES string of the molecule is CCN(/C=C1/C(=O)Nc2ccc(C)cc21)c1cccc(C)c1. The number of fused-ring (bicyclic) bond motifs is 1. The van der Waals surface area contributed by atoms with Crippen LogP contribution in [0.2, 0.25) is 0 Å². The maximum Gasteiger partial charge on any atom is 0.257 e. The van der Waals surface area contributed by atoms with Crippen molar-refractivity contribution in [3.05, 3.63) is 65.4 Å². The highest BCUT2D eigenvalue weighted by molar-refractivity contribution is 6.31. The Morgan fingerprint density at radius 3 is 2.59 bits per heavy atom. The van der Waals surface area contributed by atoms with Crippen LogP contribution in [0.5, 0.6) is 0 Å². The van der Waals surface area contributed by atoms with Crippen LogP contribution in [0.15, 0.2) is 48.7 Å². The molecule has 0 fully saturated rings. The normalized spacial score (nSPS) is 14.9. The maximum atomic E-state index is 12.3. The Balaban J connectivity index is 2.04. The molecule has 112 valence electrons. The number of amides is 1. The van der Waals surface area contributed by atoms with Gasteiger partial charge in [0.2, 0.25) is 0 Å². The zero-order valence-corrected chi connectivity index (χ0v) is 13.2. The predicted molar refractivity (Wildman–Crippen MR) is 92.0 cm³/mol. The molecule has 1 aliphatic rings. The summed E-state index contributed by atoms with van der Waals surface area (Å²) in [6.45, 7) is 7.01. The van der Waals surface area contributed by atoms with Gasteiger partial charge in [-0.15, -0.1) is 0 Å². The van der Waals surface area contributed by atoms with Crippen LogP contribution in [0, 0.1) is 13.8 Å². The highest BCUT2D eigenvalue weighted by Crippen LogP contribution is 2.33. The van der Waals surface area contributed by atoms with Crippen molar-refractivity contribution in [2.45, 2.75) is 20.8 Å². The van der Waals surface area contributed by atoms with Crippen LogP contribution in [0.25, 0.3) is 5.57 Å². The van der Waals surface area contributed by atoms with Gasteiger partial charge >= 0.3 is 0 Å². The number of hydrogen-bond donors (Lipinski definition) is 1. The molecule has 1 heterocycles. The maximum absolute atomic E-state index is 12.3. The first-order valence-electron chi connectivity index (χ1n) is 7.56. The van der Waals surface area contributed by atoms with Crippen LogP contribution in [0.3, 0.4) is 0 Å². The summed E-state index contributed by atoms with van der Waals surface area (Å²) in [6.07, 6.45) is 1.95. The third kappa shape index (κ3) is 2.62. The predicted octanol–water partition coefficient (Wildman–Crippen LogP) is 4.12. The van der Waals surface area contributed by atoms with Crippen molar-refractivity contribution >= 4 is 22.9 Å². The molecule has 0 bridgehead atoms. The van der Waals surface area contributed by atoms with E-state index in [1.54, 1.807) is 0 Å². The first kappa shape index (κ1) is 14.4. The second-order valence-electron chi connectivity index (χ2n) is 5.67. The number of rotatable bonds is 3. The molecule has 0 spiro atoms. The smallest absolute Gasteiger partial charge is 0.257 e. The number of carbonyl (C=O) groups excluding carboxylic acids is 1. The summed E-state index contributed by atoms with van der Waals surface area (Å²) < 4.78 is 0. The van der Waals surface area contributed by atoms with Gasteiger partial charge in [0.05, 0.1) is 5.57 Å². The Kier molecular flexibility index (Phi) is 3.72. The van der Waals surface area contributed by atoms with Gasteiger partial charge in [0.25, 0.3) is 5.91 Å². The zero-order valence-electron chi connectivity index (χ0n) is 13.2. The van der Waals surface area contributed by atoms with Crippen molar-refractivity contribution in [2.24, 2.45) is 0 Å². The molecule has 0 aromatic heterocycles. The third-order valence-corrected chi connectivity index (χ3v) is 3.92. The molecule has 0 saturated heterocycles. The van der Waals surface area contributed by atoms with E-state index in [0.29, 0.717) is 0 Å². The van der Waals surface area contributed by atoms with Crippen LogP contribution in [-0.2, 0) is 4.79 Å². The molecule has 2 aromatic carbocycles. The first-order valence-corrected chi connectivity index (χ1v) is 7.56. The van der Waals surface area contributed by atoms with E-state index in [4.69, 9.17) is 0 Å². The largest absolute Gasteiger partial charge is 0.347 e. The van der Waals surface area contributed by atoms with E-state index < -0.39 is 0 Å². The van der Waals surface area contributed by atoms with E-state index in [2.05, 4.69) is 48.3 Å². The molecule has 3 rings (SSSR count). The van der Waals surface area contributed by atoms with Crippen LogP contribution in [0.1, 0.15) is 23.6 Å². The highest BCUT2D eigenvalue weighted by atomic mass is 16.2. The van der Waals surface area contributed by atoms with E-state index in [9.17, 15) is 4.79 Å². The summed E-state index contributed by atoms with van der Waals surface area (Å²) in [5.74, 6) is -0.0355. The Labute approximate surface area is 131 Å². The van der Waals surface area contributed by atoms with Crippen molar-refractivity contribution < 1.29 is 4.79 Å². The Morgan fingerprint density at radius 1 is 1.09 bits per heavy atom. The lowest BCUT2D eigenvalue weighted by Gasteiger charge is -2.19. The molecule has 22 heavy (non-hydrogen) atoms. The molecule has 0 radical (unpaired) electrons. The summed E-state index contributed by atoms with van der Waals surface area (Å²) in [4.78, 5) is 14.4. The number of benzene rings is 2. The van der Waals surface area contributed by atoms with Gasteiger partial charge in [-0.25, -0.2) is 0 Å². The van der Waals surface area contributed by atoms with Crippen molar-refractivity contribution in [2.75, 3.05) is 16.8 Å². The van der Waals surface area contributed by atoms with E-state index in [-0.39, 0.29) is 5.91 Å². The summed E-state index contributed by atoms with van der Waals surface area (Å²) in [6, 6.07) is 14.3. The lowest BCUT2D eigenvalue weighted by molar-refractivity contribution is -0.110. The lowest BCUT2D eigenvalue weighted by Crippen LogP contribution is -2.17. The molecule has 2 aromatic rings. The fourth-order valence-electron chi connectivity index (χ4n) is 2.74. The van der Waals surface area contributed by atoms with Crippen LogP contribution in [-0.4, -0.2) is 12.5 Å². The Bertz CT molecular complexity index is 762. The molecule has 1 N–H and O–H groups in total. The molecule has 1 aliphatic heterocycles. The second kappa shape index (κ2) is 5.68. The van der Waals surface area contributed by atoms with Gasteiger partial charge in [-0.05, 0) is 50.6 Å². The van der Waals surface area contributed by atoms with Crippen molar-refractivity contribution in [3.8, 4) is 0 Å². The van der Waals surface area contributed by atoms with E-state index in [1.807, 2.05) is 31.3 Å². The summed E-state index contributed by atoms with van der Waals surface area (Å²) in [5, 5.41) is 2.93. The quantitative estimate of drug-likeness (QED) is 0.863. The Hall–Kier alpha value is -2.55. The number of hydrogen-bond acceptors (Lipinski definition) is 2. The molecule has 0 aliphatic carbocycles. The fourth-order valence-corrected chi connectivity index (χ4v) is 2.74. The summed E-state index contributed by atoms with van der Waals surface area (Å²) in [7, 11) is 0. The molecule has 0 atom stereocenters. The number of anilines is 2. The summed E-state index contributed by atoms with van der Waals surface area (Å²) >= 11 is 0. The van der Waals surface area contributed by atoms with Crippen LogP contribution in [0.4, 0.5) is 11.4 Å². The first-order chi connectivity index (χ1) is 10.6. The fraction of sp³-hybridized carbons (Fsp3) is 0.211. The van der Waals surface area contributed by atoms with Crippen molar-refractivity contribution in [1.82, 2.24) is 0 Å². The van der Waals surface area contributed by atoms with Crippen LogP contribution >= 0.6 is 0 Å². The number of nitrogens with one attached hydrogen (secondary N) is 1. The number of nitrogens with zero attached hydrogens (tertiary/aromatic N) is 1. The standard InChI is InChI=1S/C19H20N2O/c1-4-21(15-7-5-6-13(2)10-15)12-17-16-11-14(3)8-9-18(16)20-19(17)22/h5-12H,4H2,1-3H3,(H,20,22)/b17-12+. The second-order valence-corrected chi connectivity index (χ2v) is 5.67. The molecule has 0 saturated carbocycles. The number of carbonyl (C=O) groups is 1. The van der Waals surface area contributed by atoms with Crippen molar-refractivity contribution in [3.63, 3.8) is 0 Å². The molecule has 3 nitrogen and oxygen atoms in total. The van der Waals surface area contributed by atoms with E-state index >= 15 is 0 Å². The van der Waals surface area contributed by atoms with Gasteiger partial charge in [0.1, 0.15) is 0 Å². The molecular formula is C19H20N2O. The van der Waals surface area contributed by atoms with Gasteiger partial charge in [0, 0.05) is 29.7 Å². The highest BCUT2D eigenvalue weighted by Gasteiger charge is 2.24.